The van der Waals surface area contributed by atoms with Crippen LogP contribution in [0.3, 0.4) is 0 Å². The molecule has 1 N–H and O–H groups in total. The predicted octanol–water partition coefficient (Wildman–Crippen LogP) is 2.98. The van der Waals surface area contributed by atoms with E-state index < -0.39 is 14.9 Å². The number of non-ortho nitro benzene ring substituents is 1. The van der Waals surface area contributed by atoms with Gasteiger partial charge in [0.15, 0.2) is 5.13 Å². The van der Waals surface area contributed by atoms with Crippen LogP contribution < -0.4 is 4.72 Å². The van der Waals surface area contributed by atoms with Gasteiger partial charge in [-0.05, 0) is 12.0 Å². The molecule has 0 fully saturated rings. The predicted molar refractivity (Wildman–Crippen MR) is 80.1 cm³/mol. The Hall–Kier alpha value is -2.00. The number of rotatable bonds is 5. The monoisotopic (exact) mass is 327 g/mol. The zero-order valence-electron chi connectivity index (χ0n) is 11.3. The first-order chi connectivity index (χ1) is 9.79. The highest BCUT2D eigenvalue weighted by Gasteiger charge is 2.19. The summed E-state index contributed by atoms with van der Waals surface area (Å²) in [6, 6.07) is 4.87. The lowest BCUT2D eigenvalue weighted by atomic mass is 10.2. The Balaban J connectivity index is 2.29. The number of sulfonamides is 1. The summed E-state index contributed by atoms with van der Waals surface area (Å²) in [5.41, 5.74) is -0.278. The number of nitrogens with one attached hydrogen (secondary N) is 1. The number of hydrogen-bond acceptors (Lipinski definition) is 6. The van der Waals surface area contributed by atoms with Gasteiger partial charge >= 0.3 is 0 Å². The third-order valence-corrected chi connectivity index (χ3v) is 5.33. The molecule has 0 aliphatic heterocycles. The molecule has 0 unspecified atom stereocenters. The van der Waals surface area contributed by atoms with Gasteiger partial charge in [-0.3, -0.25) is 14.8 Å². The zero-order chi connectivity index (χ0) is 15.6. The van der Waals surface area contributed by atoms with Crippen LogP contribution in [-0.4, -0.2) is 18.3 Å². The largest absolute Gasteiger partial charge is 0.270 e. The van der Waals surface area contributed by atoms with Gasteiger partial charge in [-0.1, -0.05) is 19.9 Å². The number of benzene rings is 1. The molecule has 0 aliphatic carbocycles. The van der Waals surface area contributed by atoms with Gasteiger partial charge in [0.1, 0.15) is 0 Å². The van der Waals surface area contributed by atoms with Crippen LogP contribution in [0.1, 0.15) is 24.6 Å². The van der Waals surface area contributed by atoms with Gasteiger partial charge in [-0.15, -0.1) is 11.3 Å². The van der Waals surface area contributed by atoms with Crippen molar-refractivity contribution < 1.29 is 13.3 Å². The molecule has 0 spiro atoms. The third kappa shape index (κ3) is 3.56. The fourth-order valence-electron chi connectivity index (χ4n) is 1.54. The van der Waals surface area contributed by atoms with E-state index in [1.807, 2.05) is 13.8 Å². The van der Waals surface area contributed by atoms with Crippen LogP contribution in [0.2, 0.25) is 0 Å². The third-order valence-electron chi connectivity index (χ3n) is 2.65. The van der Waals surface area contributed by atoms with Gasteiger partial charge in [-0.2, -0.15) is 0 Å². The highest BCUT2D eigenvalue weighted by atomic mass is 32.2. The molecule has 0 saturated heterocycles. The standard InChI is InChI=1S/C12H13N3O4S2/c1-8(2)11-7-13-12(20-11)14-21(18,19)10-5-3-4-9(6-10)15(16)17/h3-8H,1-2H3,(H,13,14). The van der Waals surface area contributed by atoms with Gasteiger partial charge in [0, 0.05) is 23.2 Å². The number of nitro groups is 1. The van der Waals surface area contributed by atoms with E-state index in [0.29, 0.717) is 0 Å². The minimum absolute atomic E-state index is 0.169. The van der Waals surface area contributed by atoms with E-state index in [-0.39, 0.29) is 21.6 Å². The molecule has 21 heavy (non-hydrogen) atoms. The fourth-order valence-corrected chi connectivity index (χ4v) is 3.64. The van der Waals surface area contributed by atoms with Crippen LogP contribution in [-0.2, 0) is 10.0 Å². The molecular formula is C12H13N3O4S2. The Morgan fingerprint density at radius 3 is 2.67 bits per heavy atom. The maximum atomic E-state index is 12.2. The first-order valence-electron chi connectivity index (χ1n) is 6.02. The molecule has 1 aromatic heterocycles. The van der Waals surface area contributed by atoms with E-state index in [0.717, 1.165) is 10.9 Å². The number of aromatic nitrogens is 1. The second kappa shape index (κ2) is 5.78. The number of hydrogen-bond donors (Lipinski definition) is 1. The molecule has 0 atom stereocenters. The Morgan fingerprint density at radius 1 is 1.38 bits per heavy atom. The van der Waals surface area contributed by atoms with Crippen LogP contribution in [0, 0.1) is 10.1 Å². The lowest BCUT2D eigenvalue weighted by Crippen LogP contribution is -2.12. The van der Waals surface area contributed by atoms with Crippen molar-refractivity contribution in [3.8, 4) is 0 Å². The van der Waals surface area contributed by atoms with E-state index in [4.69, 9.17) is 0 Å². The number of nitro benzene ring substituents is 1. The van der Waals surface area contributed by atoms with E-state index in [1.165, 1.54) is 29.5 Å². The lowest BCUT2D eigenvalue weighted by molar-refractivity contribution is -0.385. The van der Waals surface area contributed by atoms with Crippen molar-refractivity contribution in [2.45, 2.75) is 24.7 Å². The van der Waals surface area contributed by atoms with Crippen molar-refractivity contribution in [3.63, 3.8) is 0 Å². The van der Waals surface area contributed by atoms with Crippen molar-refractivity contribution in [1.29, 1.82) is 0 Å². The van der Waals surface area contributed by atoms with Crippen molar-refractivity contribution in [3.05, 3.63) is 45.5 Å². The van der Waals surface area contributed by atoms with E-state index in [9.17, 15) is 18.5 Å². The topological polar surface area (TPSA) is 102 Å². The van der Waals surface area contributed by atoms with Crippen molar-refractivity contribution in [1.82, 2.24) is 4.98 Å². The minimum atomic E-state index is -3.89. The molecule has 0 bridgehead atoms. The summed E-state index contributed by atoms with van der Waals surface area (Å²) in [4.78, 5) is 14.8. The van der Waals surface area contributed by atoms with Crippen LogP contribution in [0.25, 0.3) is 0 Å². The molecule has 0 saturated carbocycles. The minimum Gasteiger partial charge on any atom is -0.258 e. The molecule has 0 radical (unpaired) electrons. The Kier molecular flexibility index (Phi) is 4.24. The van der Waals surface area contributed by atoms with E-state index in [1.54, 1.807) is 6.20 Å². The van der Waals surface area contributed by atoms with Gasteiger partial charge < -0.3 is 0 Å². The molecule has 7 nitrogen and oxygen atoms in total. The molecular weight excluding hydrogens is 314 g/mol. The average Bonchev–Trinajstić information content (AvgIpc) is 2.87. The van der Waals surface area contributed by atoms with Gasteiger partial charge in [0.05, 0.1) is 9.82 Å². The summed E-state index contributed by atoms with van der Waals surface area (Å²) in [5.74, 6) is 0.249. The molecule has 112 valence electrons. The summed E-state index contributed by atoms with van der Waals surface area (Å²) >= 11 is 1.24. The number of thiazole rings is 1. The van der Waals surface area contributed by atoms with E-state index >= 15 is 0 Å². The summed E-state index contributed by atoms with van der Waals surface area (Å²) in [7, 11) is -3.89. The lowest BCUT2D eigenvalue weighted by Gasteiger charge is -2.04. The molecule has 9 heteroatoms. The second-order valence-corrected chi connectivity index (χ2v) is 7.33. The normalized spacial score (nSPS) is 11.6. The van der Waals surface area contributed by atoms with Crippen LogP contribution in [0.4, 0.5) is 10.8 Å². The fraction of sp³-hybridized carbons (Fsp3) is 0.250. The van der Waals surface area contributed by atoms with Crippen molar-refractivity contribution in [2.24, 2.45) is 0 Å². The summed E-state index contributed by atoms with van der Waals surface area (Å²) in [6.07, 6.45) is 1.61. The van der Waals surface area contributed by atoms with Gasteiger partial charge in [0.2, 0.25) is 0 Å². The zero-order valence-corrected chi connectivity index (χ0v) is 12.9. The van der Waals surface area contributed by atoms with E-state index in [2.05, 4.69) is 9.71 Å². The molecule has 1 heterocycles. The quantitative estimate of drug-likeness (QED) is 0.672. The Labute approximate surface area is 125 Å². The average molecular weight is 327 g/mol. The molecule has 0 amide bonds. The SMILES string of the molecule is CC(C)c1cnc(NS(=O)(=O)c2cccc([N+](=O)[O-])c2)s1. The molecule has 2 rings (SSSR count). The highest BCUT2D eigenvalue weighted by molar-refractivity contribution is 7.93. The second-order valence-electron chi connectivity index (χ2n) is 4.58. The summed E-state index contributed by atoms with van der Waals surface area (Å²) in [5, 5.41) is 10.9. The maximum absolute atomic E-state index is 12.2. The summed E-state index contributed by atoms with van der Waals surface area (Å²) < 4.78 is 26.7. The first kappa shape index (κ1) is 15.4. The van der Waals surface area contributed by atoms with Gasteiger partial charge in [-0.25, -0.2) is 13.4 Å². The summed E-state index contributed by atoms with van der Waals surface area (Å²) in [6.45, 7) is 3.96. The maximum Gasteiger partial charge on any atom is 0.270 e. The molecule has 1 aromatic carbocycles. The van der Waals surface area contributed by atoms with Crippen LogP contribution >= 0.6 is 11.3 Å². The number of anilines is 1. The molecule has 2 aromatic rings. The Bertz CT molecular complexity index is 768. The van der Waals surface area contributed by atoms with Crippen molar-refractivity contribution >= 4 is 32.2 Å². The molecule has 0 aliphatic rings. The smallest absolute Gasteiger partial charge is 0.258 e. The van der Waals surface area contributed by atoms with Crippen molar-refractivity contribution in [2.75, 3.05) is 4.72 Å². The highest BCUT2D eigenvalue weighted by Crippen LogP contribution is 2.27. The number of nitrogens with zero attached hydrogens (tertiary/aromatic N) is 2. The van der Waals surface area contributed by atoms with Crippen LogP contribution in [0.5, 0.6) is 0 Å². The van der Waals surface area contributed by atoms with Gasteiger partial charge in [0.25, 0.3) is 15.7 Å². The van der Waals surface area contributed by atoms with Crippen LogP contribution in [0.15, 0.2) is 35.4 Å². The Morgan fingerprint density at radius 2 is 2.10 bits per heavy atom. The first-order valence-corrected chi connectivity index (χ1v) is 8.32.